The maximum Gasteiger partial charge on any atom is 0.321 e. The Morgan fingerprint density at radius 2 is 2.04 bits per heavy atom. The molecule has 2 aliphatic rings. The van der Waals surface area contributed by atoms with Crippen molar-refractivity contribution < 1.29 is 4.79 Å². The number of amides is 2. The fraction of sp³-hybridized carbons (Fsp3) is 0.571. The van der Waals surface area contributed by atoms with Crippen molar-refractivity contribution in [2.24, 2.45) is 11.8 Å². The van der Waals surface area contributed by atoms with Crippen LogP contribution in [0.1, 0.15) is 45.4 Å². The number of anilines is 1. The smallest absolute Gasteiger partial charge is 0.321 e. The molecule has 3 heterocycles. The minimum Gasteiger partial charge on any atom is -0.325 e. The molecule has 4 rings (SSSR count). The van der Waals surface area contributed by atoms with Crippen LogP contribution in [-0.2, 0) is 13.0 Å². The van der Waals surface area contributed by atoms with Crippen LogP contribution < -0.4 is 5.32 Å². The molecule has 0 radical (unpaired) electrons. The predicted molar refractivity (Wildman–Crippen MR) is 107 cm³/mol. The molecule has 0 aliphatic carbocycles. The lowest BCUT2D eigenvalue weighted by atomic mass is 9.89. The third-order valence-electron chi connectivity index (χ3n) is 5.98. The minimum absolute atomic E-state index is 0.00280. The van der Waals surface area contributed by atoms with Crippen LogP contribution in [0.2, 0.25) is 0 Å². The van der Waals surface area contributed by atoms with Crippen LogP contribution in [0.15, 0.2) is 24.3 Å². The number of urea groups is 1. The van der Waals surface area contributed by atoms with Gasteiger partial charge in [0, 0.05) is 37.3 Å². The largest absolute Gasteiger partial charge is 0.325 e. The van der Waals surface area contributed by atoms with Crippen LogP contribution >= 0.6 is 0 Å². The molecule has 6 nitrogen and oxygen atoms in total. The molecule has 1 aromatic carbocycles. The number of aryl methyl sites for hydroxylation is 1. The van der Waals surface area contributed by atoms with E-state index in [9.17, 15) is 4.79 Å². The van der Waals surface area contributed by atoms with Crippen molar-refractivity contribution in [1.29, 1.82) is 0 Å². The zero-order valence-corrected chi connectivity index (χ0v) is 16.3. The van der Waals surface area contributed by atoms with Crippen molar-refractivity contribution in [3.8, 4) is 11.4 Å². The quantitative estimate of drug-likeness (QED) is 0.885. The van der Waals surface area contributed by atoms with Crippen LogP contribution in [0.5, 0.6) is 0 Å². The Kier molecular flexibility index (Phi) is 5.14. The van der Waals surface area contributed by atoms with E-state index < -0.39 is 0 Å². The van der Waals surface area contributed by atoms with E-state index >= 15 is 0 Å². The average Bonchev–Trinajstić information content (AvgIpc) is 3.17. The zero-order valence-electron chi connectivity index (χ0n) is 16.3. The van der Waals surface area contributed by atoms with Crippen molar-refractivity contribution >= 4 is 11.7 Å². The van der Waals surface area contributed by atoms with E-state index in [2.05, 4.69) is 33.9 Å². The highest BCUT2D eigenvalue weighted by Crippen LogP contribution is 2.27. The van der Waals surface area contributed by atoms with E-state index in [-0.39, 0.29) is 6.03 Å². The molecular formula is C21H29N5O. The van der Waals surface area contributed by atoms with Gasteiger partial charge >= 0.3 is 6.03 Å². The van der Waals surface area contributed by atoms with Crippen molar-refractivity contribution in [3.63, 3.8) is 0 Å². The lowest BCUT2D eigenvalue weighted by Gasteiger charge is -2.22. The van der Waals surface area contributed by atoms with Crippen LogP contribution in [0, 0.1) is 11.8 Å². The first-order chi connectivity index (χ1) is 13.1. The fourth-order valence-corrected chi connectivity index (χ4v) is 4.29. The Morgan fingerprint density at radius 3 is 2.89 bits per heavy atom. The molecule has 0 unspecified atom stereocenters. The number of nitrogens with zero attached hydrogens (tertiary/aromatic N) is 4. The number of aromatic nitrogens is 3. The second-order valence-corrected chi connectivity index (χ2v) is 8.13. The van der Waals surface area contributed by atoms with E-state index in [4.69, 9.17) is 0 Å². The van der Waals surface area contributed by atoms with Gasteiger partial charge < -0.3 is 14.8 Å². The summed E-state index contributed by atoms with van der Waals surface area (Å²) >= 11 is 0. The third kappa shape index (κ3) is 3.84. The summed E-state index contributed by atoms with van der Waals surface area (Å²) in [4.78, 5) is 14.7. The van der Waals surface area contributed by atoms with Gasteiger partial charge in [0.2, 0.25) is 0 Å². The number of carbonyl (C=O) groups is 1. The number of hydrogen-bond donors (Lipinski definition) is 1. The van der Waals surface area contributed by atoms with Crippen LogP contribution in [0.3, 0.4) is 0 Å². The third-order valence-corrected chi connectivity index (χ3v) is 5.98. The number of fused-ring (bicyclic) bond motifs is 1. The molecule has 1 atom stereocenters. The molecule has 2 aromatic rings. The maximum atomic E-state index is 12.8. The molecule has 27 heavy (non-hydrogen) atoms. The number of nitrogens with one attached hydrogen (secondary N) is 1. The second kappa shape index (κ2) is 7.71. The van der Waals surface area contributed by atoms with E-state index in [1.54, 1.807) is 0 Å². The molecule has 2 aliphatic heterocycles. The SMILES string of the molecule is CC(C)[C@H]1CCCN(C(=O)Nc2cccc(-c3nnc4n3CCC4)c2)CC1. The summed E-state index contributed by atoms with van der Waals surface area (Å²) in [6, 6.07) is 7.95. The van der Waals surface area contributed by atoms with E-state index in [0.717, 1.165) is 74.1 Å². The number of benzene rings is 1. The first-order valence-electron chi connectivity index (χ1n) is 10.2. The Morgan fingerprint density at radius 1 is 1.15 bits per heavy atom. The molecule has 1 fully saturated rings. The standard InChI is InChI=1S/C21H29N5O/c1-15(2)16-7-4-11-25(13-10-16)21(27)22-18-8-3-6-17(14-18)20-24-23-19-9-5-12-26(19)20/h3,6,8,14-16H,4-5,7,9-13H2,1-2H3,(H,22,27)/t16-/m0/s1. The molecule has 0 spiro atoms. The van der Waals surface area contributed by atoms with E-state index in [1.165, 1.54) is 6.42 Å². The van der Waals surface area contributed by atoms with E-state index in [0.29, 0.717) is 5.92 Å². The van der Waals surface area contributed by atoms with Gasteiger partial charge in [-0.1, -0.05) is 26.0 Å². The monoisotopic (exact) mass is 367 g/mol. The molecule has 1 aromatic heterocycles. The van der Waals surface area contributed by atoms with Gasteiger partial charge in [-0.25, -0.2) is 4.79 Å². The van der Waals surface area contributed by atoms with Crippen LogP contribution in [0.4, 0.5) is 10.5 Å². The average molecular weight is 367 g/mol. The number of carbonyl (C=O) groups excluding carboxylic acids is 1. The maximum absolute atomic E-state index is 12.8. The zero-order chi connectivity index (χ0) is 18.8. The highest BCUT2D eigenvalue weighted by molar-refractivity contribution is 5.90. The Bertz CT molecular complexity index is 813. The Hall–Kier alpha value is -2.37. The summed E-state index contributed by atoms with van der Waals surface area (Å²) in [5, 5.41) is 11.7. The highest BCUT2D eigenvalue weighted by atomic mass is 16.2. The normalized spacial score (nSPS) is 19.8. The molecule has 0 bridgehead atoms. The van der Waals surface area contributed by atoms with Gasteiger partial charge in [0.25, 0.3) is 0 Å². The molecule has 2 amide bonds. The Labute approximate surface area is 161 Å². The summed E-state index contributed by atoms with van der Waals surface area (Å²) in [5.41, 5.74) is 1.82. The van der Waals surface area contributed by atoms with Crippen LogP contribution in [-0.4, -0.2) is 38.8 Å². The second-order valence-electron chi connectivity index (χ2n) is 8.13. The molecule has 0 saturated carbocycles. The van der Waals surface area contributed by atoms with Gasteiger partial charge in [-0.15, -0.1) is 10.2 Å². The molecule has 144 valence electrons. The number of hydrogen-bond acceptors (Lipinski definition) is 3. The van der Waals surface area contributed by atoms with Gasteiger partial charge in [0.05, 0.1) is 0 Å². The fourth-order valence-electron chi connectivity index (χ4n) is 4.29. The number of likely N-dealkylation sites (tertiary alicyclic amines) is 1. The molecule has 1 saturated heterocycles. The predicted octanol–water partition coefficient (Wildman–Crippen LogP) is 4.18. The topological polar surface area (TPSA) is 63.1 Å². The van der Waals surface area contributed by atoms with Gasteiger partial charge in [-0.3, -0.25) is 0 Å². The molecular weight excluding hydrogens is 338 g/mol. The molecule has 1 N–H and O–H groups in total. The van der Waals surface area contributed by atoms with Gasteiger partial charge in [0.15, 0.2) is 5.82 Å². The van der Waals surface area contributed by atoms with E-state index in [1.807, 2.05) is 29.2 Å². The van der Waals surface area contributed by atoms with Crippen molar-refractivity contribution in [1.82, 2.24) is 19.7 Å². The Balaban J connectivity index is 1.44. The van der Waals surface area contributed by atoms with Crippen LogP contribution in [0.25, 0.3) is 11.4 Å². The van der Waals surface area contributed by atoms with Crippen molar-refractivity contribution in [2.75, 3.05) is 18.4 Å². The summed E-state index contributed by atoms with van der Waals surface area (Å²) in [7, 11) is 0. The number of rotatable bonds is 3. The minimum atomic E-state index is 0.00280. The lowest BCUT2D eigenvalue weighted by molar-refractivity contribution is 0.212. The van der Waals surface area contributed by atoms with Crippen molar-refractivity contribution in [3.05, 3.63) is 30.1 Å². The van der Waals surface area contributed by atoms with Gasteiger partial charge in [0.1, 0.15) is 5.82 Å². The summed E-state index contributed by atoms with van der Waals surface area (Å²) in [5.74, 6) is 3.37. The highest BCUT2D eigenvalue weighted by Gasteiger charge is 2.23. The van der Waals surface area contributed by atoms with Gasteiger partial charge in [-0.05, 0) is 49.7 Å². The lowest BCUT2D eigenvalue weighted by Crippen LogP contribution is -2.35. The summed E-state index contributed by atoms with van der Waals surface area (Å²) in [6.07, 6.45) is 5.52. The van der Waals surface area contributed by atoms with Gasteiger partial charge in [-0.2, -0.15) is 0 Å². The molecule has 6 heteroatoms. The first kappa shape index (κ1) is 18.0. The first-order valence-corrected chi connectivity index (χ1v) is 10.2. The van der Waals surface area contributed by atoms with Crippen molar-refractivity contribution in [2.45, 2.75) is 52.5 Å². The summed E-state index contributed by atoms with van der Waals surface area (Å²) in [6.45, 7) is 7.22. The summed E-state index contributed by atoms with van der Waals surface area (Å²) < 4.78 is 2.18.